The van der Waals surface area contributed by atoms with Gasteiger partial charge in [-0.3, -0.25) is 9.78 Å². The number of halogens is 2. The number of carbonyl (C=O) groups is 2. The number of nitrogens with one attached hydrogen (secondary N) is 1. The number of aromatic nitrogens is 1. The summed E-state index contributed by atoms with van der Waals surface area (Å²) < 4.78 is 6.21. The SMILES string of the molecule is O=C(N/N=C\c1cc(Br)ccc1OC(=O)c1ccccc1Cl)c1ccncc1. The molecule has 3 rings (SSSR count). The van der Waals surface area contributed by atoms with Crippen molar-refractivity contribution in [1.29, 1.82) is 0 Å². The summed E-state index contributed by atoms with van der Waals surface area (Å²) in [5, 5.41) is 4.23. The van der Waals surface area contributed by atoms with Crippen LogP contribution in [0.4, 0.5) is 0 Å². The predicted octanol–water partition coefficient (Wildman–Crippen LogP) is 4.48. The molecule has 0 aliphatic rings. The first-order chi connectivity index (χ1) is 13.5. The van der Waals surface area contributed by atoms with Gasteiger partial charge in [-0.25, -0.2) is 10.2 Å². The van der Waals surface area contributed by atoms with Gasteiger partial charge in [0.25, 0.3) is 5.91 Å². The summed E-state index contributed by atoms with van der Waals surface area (Å²) in [5.74, 6) is -0.707. The van der Waals surface area contributed by atoms with Crippen molar-refractivity contribution >= 4 is 45.6 Å². The molecule has 0 aliphatic carbocycles. The van der Waals surface area contributed by atoms with E-state index >= 15 is 0 Å². The van der Waals surface area contributed by atoms with Gasteiger partial charge >= 0.3 is 5.97 Å². The summed E-state index contributed by atoms with van der Waals surface area (Å²) in [6.07, 6.45) is 4.41. The molecule has 0 saturated heterocycles. The fourth-order valence-electron chi connectivity index (χ4n) is 2.22. The van der Waals surface area contributed by atoms with Crippen LogP contribution in [0.25, 0.3) is 0 Å². The molecule has 8 heteroatoms. The van der Waals surface area contributed by atoms with Gasteiger partial charge in [-0.15, -0.1) is 0 Å². The highest BCUT2D eigenvalue weighted by molar-refractivity contribution is 9.10. The average molecular weight is 459 g/mol. The minimum Gasteiger partial charge on any atom is -0.422 e. The molecule has 0 fully saturated rings. The van der Waals surface area contributed by atoms with Crippen molar-refractivity contribution in [3.63, 3.8) is 0 Å². The lowest BCUT2D eigenvalue weighted by Crippen LogP contribution is -2.17. The predicted molar refractivity (Wildman–Crippen MR) is 110 cm³/mol. The first-order valence-corrected chi connectivity index (χ1v) is 9.21. The van der Waals surface area contributed by atoms with Gasteiger partial charge in [0.05, 0.1) is 16.8 Å². The van der Waals surface area contributed by atoms with Crippen molar-refractivity contribution in [1.82, 2.24) is 10.4 Å². The van der Waals surface area contributed by atoms with Gasteiger partial charge in [-0.1, -0.05) is 39.7 Å². The van der Waals surface area contributed by atoms with Crippen LogP contribution in [0, 0.1) is 0 Å². The number of ether oxygens (including phenoxy) is 1. The van der Waals surface area contributed by atoms with Gasteiger partial charge in [-0.2, -0.15) is 5.10 Å². The molecule has 1 N–H and O–H groups in total. The fraction of sp³-hybridized carbons (Fsp3) is 0. The Morgan fingerprint density at radius 1 is 1.11 bits per heavy atom. The van der Waals surface area contributed by atoms with Crippen molar-refractivity contribution < 1.29 is 14.3 Å². The number of pyridine rings is 1. The van der Waals surface area contributed by atoms with Crippen molar-refractivity contribution in [2.24, 2.45) is 5.10 Å². The van der Waals surface area contributed by atoms with Gasteiger partial charge in [0, 0.05) is 28.0 Å². The second kappa shape index (κ2) is 9.25. The number of nitrogens with zero attached hydrogens (tertiary/aromatic N) is 2. The number of esters is 1. The van der Waals surface area contributed by atoms with Crippen molar-refractivity contribution in [2.45, 2.75) is 0 Å². The molecule has 2 aromatic carbocycles. The standard InChI is InChI=1S/C20H13BrClN3O3/c21-15-5-6-18(28-20(27)16-3-1-2-4-17(16)22)14(11-15)12-24-25-19(26)13-7-9-23-10-8-13/h1-12H,(H,25,26)/b24-12-. The largest absolute Gasteiger partial charge is 0.422 e. The third kappa shape index (κ3) is 5.03. The monoisotopic (exact) mass is 457 g/mol. The number of hydrogen-bond acceptors (Lipinski definition) is 5. The molecule has 0 unspecified atom stereocenters. The Hall–Kier alpha value is -3.03. The Morgan fingerprint density at radius 2 is 1.86 bits per heavy atom. The van der Waals surface area contributed by atoms with Gasteiger partial charge in [0.1, 0.15) is 5.75 Å². The summed E-state index contributed by atoms with van der Waals surface area (Å²) in [7, 11) is 0. The van der Waals surface area contributed by atoms with Crippen molar-refractivity contribution in [3.05, 3.63) is 93.2 Å². The lowest BCUT2D eigenvalue weighted by molar-refractivity contribution is 0.0734. The molecule has 1 heterocycles. The van der Waals surface area contributed by atoms with E-state index in [0.717, 1.165) is 4.47 Å². The second-order valence-electron chi connectivity index (χ2n) is 5.49. The van der Waals surface area contributed by atoms with E-state index < -0.39 is 5.97 Å². The normalized spacial score (nSPS) is 10.6. The summed E-state index contributed by atoms with van der Waals surface area (Å²) >= 11 is 9.40. The van der Waals surface area contributed by atoms with Crippen LogP contribution in [0.15, 0.2) is 76.6 Å². The second-order valence-corrected chi connectivity index (χ2v) is 6.81. The van der Waals surface area contributed by atoms with E-state index in [2.05, 4.69) is 31.4 Å². The number of carbonyl (C=O) groups excluding carboxylic acids is 2. The Balaban J connectivity index is 1.76. The van der Waals surface area contributed by atoms with Crippen LogP contribution in [-0.4, -0.2) is 23.1 Å². The first-order valence-electron chi connectivity index (χ1n) is 8.04. The van der Waals surface area contributed by atoms with Crippen LogP contribution in [0.1, 0.15) is 26.3 Å². The molecule has 1 aromatic heterocycles. The van der Waals surface area contributed by atoms with E-state index in [9.17, 15) is 9.59 Å². The van der Waals surface area contributed by atoms with Gasteiger partial charge < -0.3 is 4.74 Å². The third-order valence-corrected chi connectivity index (χ3v) is 4.40. The summed E-state index contributed by atoms with van der Waals surface area (Å²) in [4.78, 5) is 28.3. The number of hydrazone groups is 1. The highest BCUT2D eigenvalue weighted by Gasteiger charge is 2.14. The van der Waals surface area contributed by atoms with E-state index in [1.807, 2.05) is 0 Å². The third-order valence-electron chi connectivity index (χ3n) is 3.58. The maximum absolute atomic E-state index is 12.4. The molecule has 0 saturated carbocycles. The molecule has 140 valence electrons. The lowest BCUT2D eigenvalue weighted by Gasteiger charge is -2.09. The van der Waals surface area contributed by atoms with Gasteiger partial charge in [0.2, 0.25) is 0 Å². The van der Waals surface area contributed by atoms with Crippen LogP contribution in [-0.2, 0) is 0 Å². The van der Waals surface area contributed by atoms with E-state index in [4.69, 9.17) is 16.3 Å². The fourth-order valence-corrected chi connectivity index (χ4v) is 2.81. The highest BCUT2D eigenvalue weighted by atomic mass is 79.9. The van der Waals surface area contributed by atoms with E-state index in [1.165, 1.54) is 18.6 Å². The topological polar surface area (TPSA) is 80.6 Å². The molecule has 0 bridgehead atoms. The zero-order chi connectivity index (χ0) is 19.9. The molecule has 0 aliphatic heterocycles. The van der Waals surface area contributed by atoms with Crippen LogP contribution >= 0.6 is 27.5 Å². The number of rotatable bonds is 5. The Kier molecular flexibility index (Phi) is 6.52. The molecule has 1 amide bonds. The van der Waals surface area contributed by atoms with E-state index in [1.54, 1.807) is 54.6 Å². The number of benzene rings is 2. The minimum absolute atomic E-state index is 0.251. The molecule has 0 atom stereocenters. The maximum Gasteiger partial charge on any atom is 0.345 e. The Labute approximate surface area is 174 Å². The van der Waals surface area contributed by atoms with Crippen molar-refractivity contribution in [2.75, 3.05) is 0 Å². The molecule has 6 nitrogen and oxygen atoms in total. The lowest BCUT2D eigenvalue weighted by atomic mass is 10.2. The summed E-state index contributed by atoms with van der Waals surface area (Å²) in [6.45, 7) is 0. The zero-order valence-electron chi connectivity index (χ0n) is 14.3. The maximum atomic E-state index is 12.4. The molecular weight excluding hydrogens is 446 g/mol. The van der Waals surface area contributed by atoms with Crippen LogP contribution in [0.3, 0.4) is 0 Å². The first kappa shape index (κ1) is 19.7. The number of amides is 1. The smallest absolute Gasteiger partial charge is 0.345 e. The Morgan fingerprint density at radius 3 is 2.61 bits per heavy atom. The van der Waals surface area contributed by atoms with Crippen LogP contribution in [0.5, 0.6) is 5.75 Å². The zero-order valence-corrected chi connectivity index (χ0v) is 16.6. The molecule has 3 aromatic rings. The van der Waals surface area contributed by atoms with Gasteiger partial charge in [-0.05, 0) is 42.5 Å². The minimum atomic E-state index is -0.594. The van der Waals surface area contributed by atoms with Crippen LogP contribution < -0.4 is 10.2 Å². The molecular formula is C20H13BrClN3O3. The van der Waals surface area contributed by atoms with Crippen LogP contribution in [0.2, 0.25) is 5.02 Å². The number of hydrogen-bond donors (Lipinski definition) is 1. The van der Waals surface area contributed by atoms with E-state index in [0.29, 0.717) is 16.1 Å². The molecule has 0 radical (unpaired) electrons. The summed E-state index contributed by atoms with van der Waals surface area (Å²) in [6, 6.07) is 14.8. The molecule has 0 spiro atoms. The van der Waals surface area contributed by atoms with Gasteiger partial charge in [0.15, 0.2) is 0 Å². The summed E-state index contributed by atoms with van der Waals surface area (Å²) in [5.41, 5.74) is 3.58. The Bertz CT molecular complexity index is 1040. The average Bonchev–Trinajstić information content (AvgIpc) is 2.70. The highest BCUT2D eigenvalue weighted by Crippen LogP contribution is 2.24. The molecule has 28 heavy (non-hydrogen) atoms. The quantitative estimate of drug-likeness (QED) is 0.264. The van der Waals surface area contributed by atoms with Crippen molar-refractivity contribution in [3.8, 4) is 5.75 Å². The van der Waals surface area contributed by atoms with E-state index in [-0.39, 0.29) is 17.2 Å².